The lowest BCUT2D eigenvalue weighted by Gasteiger charge is -2.00. The molecular formula is C17H12BrClN2O2. The van der Waals surface area contributed by atoms with Gasteiger partial charge in [-0.25, -0.2) is 4.98 Å². The predicted molar refractivity (Wildman–Crippen MR) is 94.7 cm³/mol. The molecule has 0 saturated heterocycles. The van der Waals surface area contributed by atoms with E-state index in [0.717, 1.165) is 15.6 Å². The molecule has 3 aromatic rings. The maximum Gasteiger partial charge on any atom is 0.312 e. The molecule has 0 bridgehead atoms. The number of hydrogen-bond donors (Lipinski definition) is 1. The zero-order valence-electron chi connectivity index (χ0n) is 12.1. The summed E-state index contributed by atoms with van der Waals surface area (Å²) in [5.74, 6) is 0.0402. The van der Waals surface area contributed by atoms with Crippen LogP contribution in [0.1, 0.15) is 11.3 Å². The van der Waals surface area contributed by atoms with Crippen molar-refractivity contribution in [3.05, 3.63) is 63.2 Å². The van der Waals surface area contributed by atoms with Crippen LogP contribution in [0, 0.1) is 6.92 Å². The van der Waals surface area contributed by atoms with E-state index in [-0.39, 0.29) is 11.6 Å². The van der Waals surface area contributed by atoms with Crippen LogP contribution in [0.5, 0.6) is 5.95 Å². The number of benzene rings is 2. The third-order valence-corrected chi connectivity index (χ3v) is 4.40. The highest BCUT2D eigenvalue weighted by Gasteiger charge is 2.14. The molecule has 0 aliphatic heterocycles. The SMILES string of the molecule is Cc1c(Cl)cccc1N=Cc1nc(-c2ccccc2Br)oc1O. The summed E-state index contributed by atoms with van der Waals surface area (Å²) in [6.45, 7) is 1.88. The molecule has 1 aromatic heterocycles. The van der Waals surface area contributed by atoms with Crippen molar-refractivity contribution in [3.63, 3.8) is 0 Å². The van der Waals surface area contributed by atoms with E-state index in [1.54, 1.807) is 6.07 Å². The van der Waals surface area contributed by atoms with E-state index >= 15 is 0 Å². The minimum atomic E-state index is -0.279. The van der Waals surface area contributed by atoms with Crippen molar-refractivity contribution in [1.29, 1.82) is 0 Å². The maximum atomic E-state index is 9.92. The molecule has 1 heterocycles. The number of aromatic nitrogens is 1. The van der Waals surface area contributed by atoms with Gasteiger partial charge in [-0.05, 0) is 52.7 Å². The summed E-state index contributed by atoms with van der Waals surface area (Å²) in [6, 6.07) is 12.9. The largest absolute Gasteiger partial charge is 0.479 e. The molecule has 0 aliphatic carbocycles. The van der Waals surface area contributed by atoms with Gasteiger partial charge in [-0.2, -0.15) is 0 Å². The Bertz CT molecular complexity index is 890. The van der Waals surface area contributed by atoms with Crippen molar-refractivity contribution in [2.45, 2.75) is 6.92 Å². The lowest BCUT2D eigenvalue weighted by molar-refractivity contribution is 0.337. The first-order chi connectivity index (χ1) is 11.1. The molecule has 0 atom stereocenters. The summed E-state index contributed by atoms with van der Waals surface area (Å²) in [5, 5.41) is 10.6. The van der Waals surface area contributed by atoms with Crippen molar-refractivity contribution < 1.29 is 9.52 Å². The molecule has 0 radical (unpaired) electrons. The first-order valence-corrected chi connectivity index (χ1v) is 7.97. The van der Waals surface area contributed by atoms with E-state index in [9.17, 15) is 5.11 Å². The van der Waals surface area contributed by atoms with Crippen LogP contribution in [0.25, 0.3) is 11.5 Å². The van der Waals surface area contributed by atoms with Gasteiger partial charge in [0.05, 0.1) is 17.5 Å². The van der Waals surface area contributed by atoms with E-state index in [0.29, 0.717) is 16.6 Å². The Hall–Kier alpha value is -2.11. The van der Waals surface area contributed by atoms with Crippen LogP contribution >= 0.6 is 27.5 Å². The number of aromatic hydroxyl groups is 1. The van der Waals surface area contributed by atoms with Gasteiger partial charge in [0.1, 0.15) is 0 Å². The fraction of sp³-hybridized carbons (Fsp3) is 0.0588. The summed E-state index contributed by atoms with van der Waals surface area (Å²) in [7, 11) is 0. The average molecular weight is 392 g/mol. The summed E-state index contributed by atoms with van der Waals surface area (Å²) >= 11 is 9.50. The number of hydrogen-bond acceptors (Lipinski definition) is 4. The Labute approximate surface area is 146 Å². The van der Waals surface area contributed by atoms with E-state index in [1.165, 1.54) is 6.21 Å². The van der Waals surface area contributed by atoms with Crippen molar-refractivity contribution >= 4 is 39.4 Å². The second kappa shape index (κ2) is 6.56. The highest BCUT2D eigenvalue weighted by atomic mass is 79.9. The van der Waals surface area contributed by atoms with E-state index in [1.807, 2.05) is 43.3 Å². The molecular weight excluding hydrogens is 380 g/mol. The average Bonchev–Trinajstić information content (AvgIpc) is 2.90. The molecule has 1 N–H and O–H groups in total. The van der Waals surface area contributed by atoms with E-state index in [4.69, 9.17) is 16.0 Å². The molecule has 0 amide bonds. The van der Waals surface area contributed by atoms with Crippen molar-refractivity contribution in [1.82, 2.24) is 4.98 Å². The fourth-order valence-electron chi connectivity index (χ4n) is 2.02. The summed E-state index contributed by atoms with van der Waals surface area (Å²) in [4.78, 5) is 8.60. The minimum absolute atomic E-state index is 0.259. The van der Waals surface area contributed by atoms with Gasteiger partial charge in [-0.1, -0.05) is 29.8 Å². The molecule has 3 rings (SSSR count). The second-order valence-electron chi connectivity index (χ2n) is 4.83. The Morgan fingerprint density at radius 3 is 2.78 bits per heavy atom. The van der Waals surface area contributed by atoms with Crippen molar-refractivity contribution in [2.75, 3.05) is 0 Å². The molecule has 0 saturated carbocycles. The van der Waals surface area contributed by atoms with Gasteiger partial charge in [-0.3, -0.25) is 4.99 Å². The molecule has 4 nitrogen and oxygen atoms in total. The monoisotopic (exact) mass is 390 g/mol. The van der Waals surface area contributed by atoms with Gasteiger partial charge in [0.15, 0.2) is 5.69 Å². The Kier molecular flexibility index (Phi) is 4.50. The third kappa shape index (κ3) is 3.30. The maximum absolute atomic E-state index is 9.92. The van der Waals surface area contributed by atoms with Crippen LogP contribution in [-0.4, -0.2) is 16.3 Å². The first-order valence-electron chi connectivity index (χ1n) is 6.80. The zero-order chi connectivity index (χ0) is 16.4. The van der Waals surface area contributed by atoms with Gasteiger partial charge in [0.25, 0.3) is 0 Å². The minimum Gasteiger partial charge on any atom is -0.479 e. The Morgan fingerprint density at radius 1 is 1.22 bits per heavy atom. The molecule has 0 unspecified atom stereocenters. The topological polar surface area (TPSA) is 58.6 Å². The van der Waals surface area contributed by atoms with Crippen LogP contribution in [0.4, 0.5) is 5.69 Å². The highest BCUT2D eigenvalue weighted by Crippen LogP contribution is 2.31. The summed E-state index contributed by atoms with van der Waals surface area (Å²) in [6.07, 6.45) is 1.46. The van der Waals surface area contributed by atoms with E-state index < -0.39 is 0 Å². The highest BCUT2D eigenvalue weighted by molar-refractivity contribution is 9.10. The first kappa shape index (κ1) is 15.8. The molecule has 116 valence electrons. The zero-order valence-corrected chi connectivity index (χ0v) is 14.5. The molecule has 23 heavy (non-hydrogen) atoms. The van der Waals surface area contributed by atoms with Gasteiger partial charge in [0.2, 0.25) is 5.89 Å². The van der Waals surface area contributed by atoms with Crippen molar-refractivity contribution in [3.8, 4) is 17.4 Å². The van der Waals surface area contributed by atoms with Gasteiger partial charge >= 0.3 is 5.95 Å². The van der Waals surface area contributed by atoms with Crippen LogP contribution in [0.2, 0.25) is 5.02 Å². The second-order valence-corrected chi connectivity index (χ2v) is 6.09. The van der Waals surface area contributed by atoms with Gasteiger partial charge < -0.3 is 9.52 Å². The third-order valence-electron chi connectivity index (χ3n) is 3.30. The Morgan fingerprint density at radius 2 is 2.00 bits per heavy atom. The number of oxazole rings is 1. The summed E-state index contributed by atoms with van der Waals surface area (Å²) in [5.41, 5.74) is 2.58. The van der Waals surface area contributed by atoms with Gasteiger partial charge in [-0.15, -0.1) is 0 Å². The van der Waals surface area contributed by atoms with Crippen LogP contribution in [-0.2, 0) is 0 Å². The number of aliphatic imine (C=N–C) groups is 1. The predicted octanol–water partition coefficient (Wildman–Crippen LogP) is 5.52. The smallest absolute Gasteiger partial charge is 0.312 e. The fourth-order valence-corrected chi connectivity index (χ4v) is 2.65. The normalized spacial score (nSPS) is 11.3. The van der Waals surface area contributed by atoms with Crippen LogP contribution in [0.3, 0.4) is 0 Å². The van der Waals surface area contributed by atoms with Crippen LogP contribution < -0.4 is 0 Å². The van der Waals surface area contributed by atoms with Crippen molar-refractivity contribution in [2.24, 2.45) is 4.99 Å². The standard InChI is InChI=1S/C17H12BrClN2O2/c1-10-13(19)7-4-8-14(10)20-9-15-17(22)23-16(21-15)11-5-2-3-6-12(11)18/h2-9,22H,1H3. The lowest BCUT2D eigenvalue weighted by atomic mass is 10.2. The van der Waals surface area contributed by atoms with E-state index in [2.05, 4.69) is 25.9 Å². The molecule has 0 spiro atoms. The number of halogens is 2. The Balaban J connectivity index is 1.95. The number of nitrogens with zero attached hydrogens (tertiary/aromatic N) is 2. The number of rotatable bonds is 3. The molecule has 6 heteroatoms. The van der Waals surface area contributed by atoms with Gasteiger partial charge in [0, 0.05) is 9.50 Å². The molecule has 2 aromatic carbocycles. The summed E-state index contributed by atoms with van der Waals surface area (Å²) < 4.78 is 6.15. The molecule has 0 fully saturated rings. The quantitative estimate of drug-likeness (QED) is 0.598. The van der Waals surface area contributed by atoms with Crippen LogP contribution in [0.15, 0.2) is 56.3 Å². The molecule has 0 aliphatic rings. The lowest BCUT2D eigenvalue weighted by Crippen LogP contribution is -1.84.